The van der Waals surface area contributed by atoms with Gasteiger partial charge in [-0.15, -0.1) is 0 Å². The van der Waals surface area contributed by atoms with E-state index in [4.69, 9.17) is 10.00 Å². The zero-order chi connectivity index (χ0) is 11.5. The lowest BCUT2D eigenvalue weighted by atomic mass is 10.00. The normalized spacial score (nSPS) is 34.1. The minimum absolute atomic E-state index is 0.0801. The fourth-order valence-electron chi connectivity index (χ4n) is 2.07. The van der Waals surface area contributed by atoms with E-state index in [1.807, 2.05) is 0 Å². The van der Waals surface area contributed by atoms with Crippen LogP contribution in [0.2, 0.25) is 0 Å². The highest BCUT2D eigenvalue weighted by Crippen LogP contribution is 2.39. The van der Waals surface area contributed by atoms with E-state index in [0.29, 0.717) is 19.6 Å². The first-order valence-corrected chi connectivity index (χ1v) is 5.60. The average molecular weight is 226 g/mol. The van der Waals surface area contributed by atoms with Gasteiger partial charge in [0.2, 0.25) is 5.91 Å². The summed E-state index contributed by atoms with van der Waals surface area (Å²) in [5.74, 6) is -0.444. The first-order chi connectivity index (χ1) is 7.76. The molecule has 2 unspecified atom stereocenters. The maximum absolute atomic E-state index is 12.2. The smallest absolute Gasteiger partial charge is 0.224 e. The maximum atomic E-state index is 12.2. The number of alkyl halides is 1. The Hall–Kier alpha value is -1.15. The standard InChI is InChI=1S/C11H15FN2O2/c12-4-8-3-9(8)11(15)14-10(5-13)7-1-2-16-6-7/h7-10H,1-4,6H2,(H,14,15)/t7?,8-,9-,10?/m0/s1. The molecule has 0 bridgehead atoms. The Balaban J connectivity index is 1.83. The van der Waals surface area contributed by atoms with Crippen LogP contribution in [0.5, 0.6) is 0 Å². The number of hydrogen-bond donors (Lipinski definition) is 1. The molecule has 1 saturated carbocycles. The van der Waals surface area contributed by atoms with Crippen LogP contribution < -0.4 is 5.32 Å². The van der Waals surface area contributed by atoms with Gasteiger partial charge in [0, 0.05) is 18.4 Å². The molecule has 0 radical (unpaired) electrons. The quantitative estimate of drug-likeness (QED) is 0.765. The van der Waals surface area contributed by atoms with Crippen LogP contribution in [-0.2, 0) is 9.53 Å². The number of carbonyl (C=O) groups is 1. The highest BCUT2D eigenvalue weighted by Gasteiger charge is 2.44. The van der Waals surface area contributed by atoms with Crippen LogP contribution in [-0.4, -0.2) is 31.8 Å². The summed E-state index contributed by atoms with van der Waals surface area (Å²) in [6, 6.07) is 1.59. The lowest BCUT2D eigenvalue weighted by Gasteiger charge is -2.16. The van der Waals surface area contributed by atoms with Crippen LogP contribution in [0.4, 0.5) is 4.39 Å². The molecule has 2 fully saturated rings. The van der Waals surface area contributed by atoms with Gasteiger partial charge in [-0.05, 0) is 18.8 Å². The van der Waals surface area contributed by atoms with E-state index in [-0.39, 0.29) is 23.7 Å². The second kappa shape index (κ2) is 4.79. The second-order valence-electron chi connectivity index (χ2n) is 4.50. The van der Waals surface area contributed by atoms with Crippen molar-refractivity contribution in [3.05, 3.63) is 0 Å². The second-order valence-corrected chi connectivity index (χ2v) is 4.50. The molecule has 5 heteroatoms. The van der Waals surface area contributed by atoms with Gasteiger partial charge in [0.05, 0.1) is 19.4 Å². The van der Waals surface area contributed by atoms with Crippen LogP contribution in [0.25, 0.3) is 0 Å². The van der Waals surface area contributed by atoms with Crippen molar-refractivity contribution in [2.75, 3.05) is 19.9 Å². The van der Waals surface area contributed by atoms with E-state index in [2.05, 4.69) is 11.4 Å². The highest BCUT2D eigenvalue weighted by molar-refractivity contribution is 5.82. The van der Waals surface area contributed by atoms with Gasteiger partial charge in [-0.25, -0.2) is 0 Å². The third-order valence-corrected chi connectivity index (χ3v) is 3.33. The topological polar surface area (TPSA) is 62.1 Å². The van der Waals surface area contributed by atoms with E-state index in [1.54, 1.807) is 0 Å². The number of ether oxygens (including phenoxy) is 1. The number of rotatable bonds is 4. The summed E-state index contributed by atoms with van der Waals surface area (Å²) in [6.45, 7) is 0.729. The van der Waals surface area contributed by atoms with Crippen molar-refractivity contribution in [1.82, 2.24) is 5.32 Å². The Bertz CT molecular complexity index is 310. The summed E-state index contributed by atoms with van der Waals surface area (Å²) in [5.41, 5.74) is 0. The van der Waals surface area contributed by atoms with Crippen molar-refractivity contribution in [1.29, 1.82) is 5.26 Å². The van der Waals surface area contributed by atoms with Crippen molar-refractivity contribution in [3.63, 3.8) is 0 Å². The third-order valence-electron chi connectivity index (χ3n) is 3.33. The van der Waals surface area contributed by atoms with Crippen LogP contribution in [0.1, 0.15) is 12.8 Å². The molecule has 1 amide bonds. The molecular weight excluding hydrogens is 211 g/mol. The highest BCUT2D eigenvalue weighted by atomic mass is 19.1. The van der Waals surface area contributed by atoms with E-state index < -0.39 is 12.7 Å². The molecule has 0 aromatic heterocycles. The monoisotopic (exact) mass is 226 g/mol. The molecule has 1 heterocycles. The van der Waals surface area contributed by atoms with Gasteiger partial charge in [0.1, 0.15) is 6.04 Å². The van der Waals surface area contributed by atoms with Gasteiger partial charge < -0.3 is 10.1 Å². The summed E-state index contributed by atoms with van der Waals surface area (Å²) in [6.07, 6.45) is 1.41. The lowest BCUT2D eigenvalue weighted by molar-refractivity contribution is -0.123. The van der Waals surface area contributed by atoms with E-state index in [0.717, 1.165) is 6.42 Å². The molecule has 16 heavy (non-hydrogen) atoms. The zero-order valence-electron chi connectivity index (χ0n) is 8.99. The van der Waals surface area contributed by atoms with E-state index in [1.165, 1.54) is 0 Å². The minimum atomic E-state index is -0.490. The van der Waals surface area contributed by atoms with Gasteiger partial charge >= 0.3 is 0 Å². The Labute approximate surface area is 93.8 Å². The van der Waals surface area contributed by atoms with Crippen LogP contribution >= 0.6 is 0 Å². The lowest BCUT2D eigenvalue weighted by Crippen LogP contribution is -2.40. The van der Waals surface area contributed by atoms with Crippen molar-refractivity contribution in [2.45, 2.75) is 18.9 Å². The van der Waals surface area contributed by atoms with Gasteiger partial charge in [-0.2, -0.15) is 5.26 Å². The van der Waals surface area contributed by atoms with Gasteiger partial charge in [-0.1, -0.05) is 0 Å². The first kappa shape index (κ1) is 11.3. The summed E-state index contributed by atoms with van der Waals surface area (Å²) in [4.78, 5) is 11.6. The average Bonchev–Trinajstić information content (AvgIpc) is 2.91. The molecule has 1 N–H and O–H groups in total. The van der Waals surface area contributed by atoms with Crippen molar-refractivity contribution in [3.8, 4) is 6.07 Å². The molecule has 4 nitrogen and oxygen atoms in total. The summed E-state index contributed by atoms with van der Waals surface area (Å²) in [7, 11) is 0. The number of amides is 1. The van der Waals surface area contributed by atoms with E-state index in [9.17, 15) is 9.18 Å². The molecule has 2 aliphatic rings. The largest absolute Gasteiger partial charge is 0.381 e. The molecule has 0 spiro atoms. The van der Waals surface area contributed by atoms with Crippen LogP contribution in [0.15, 0.2) is 0 Å². The Morgan fingerprint density at radius 2 is 2.50 bits per heavy atom. The van der Waals surface area contributed by atoms with Crippen molar-refractivity contribution < 1.29 is 13.9 Å². The van der Waals surface area contributed by atoms with Gasteiger partial charge in [0.25, 0.3) is 0 Å². The number of nitrogens with one attached hydrogen (secondary N) is 1. The molecule has 0 aromatic rings. The Kier molecular flexibility index (Phi) is 3.39. The fourth-order valence-corrected chi connectivity index (χ4v) is 2.07. The molecular formula is C11H15FN2O2. The number of hydrogen-bond acceptors (Lipinski definition) is 3. The SMILES string of the molecule is N#CC(NC(=O)[C@H]1C[C@H]1CF)C1CCOC1. The maximum Gasteiger partial charge on any atom is 0.224 e. The molecule has 1 aliphatic carbocycles. The molecule has 88 valence electrons. The number of nitrogens with zero attached hydrogens (tertiary/aromatic N) is 1. The Morgan fingerprint density at radius 3 is 3.00 bits per heavy atom. The molecule has 0 aromatic carbocycles. The molecule has 1 aliphatic heterocycles. The van der Waals surface area contributed by atoms with Crippen molar-refractivity contribution >= 4 is 5.91 Å². The van der Waals surface area contributed by atoms with Gasteiger partial charge in [0.15, 0.2) is 0 Å². The molecule has 1 saturated heterocycles. The number of nitriles is 1. The van der Waals surface area contributed by atoms with Crippen LogP contribution in [0, 0.1) is 29.1 Å². The predicted molar refractivity (Wildman–Crippen MR) is 54.0 cm³/mol. The van der Waals surface area contributed by atoms with Crippen LogP contribution in [0.3, 0.4) is 0 Å². The molecule has 2 rings (SSSR count). The number of halogens is 1. The Morgan fingerprint density at radius 1 is 1.69 bits per heavy atom. The molecule has 4 atom stereocenters. The zero-order valence-corrected chi connectivity index (χ0v) is 8.99. The minimum Gasteiger partial charge on any atom is -0.381 e. The number of carbonyl (C=O) groups excluding carboxylic acids is 1. The van der Waals surface area contributed by atoms with E-state index >= 15 is 0 Å². The summed E-state index contributed by atoms with van der Waals surface area (Å²) in [5, 5.41) is 11.7. The third kappa shape index (κ3) is 2.33. The summed E-state index contributed by atoms with van der Waals surface area (Å²) >= 11 is 0. The van der Waals surface area contributed by atoms with Crippen molar-refractivity contribution in [2.24, 2.45) is 17.8 Å². The fraction of sp³-hybridized carbons (Fsp3) is 0.818. The van der Waals surface area contributed by atoms with Gasteiger partial charge in [-0.3, -0.25) is 9.18 Å². The predicted octanol–water partition coefficient (Wildman–Crippen LogP) is 0.637. The first-order valence-electron chi connectivity index (χ1n) is 5.60. The summed E-state index contributed by atoms with van der Waals surface area (Å²) < 4.78 is 17.4.